The van der Waals surface area contributed by atoms with Crippen molar-refractivity contribution < 1.29 is 17.9 Å². The molecule has 1 aliphatic heterocycles. The summed E-state index contributed by atoms with van der Waals surface area (Å²) < 4.78 is 30.5. The van der Waals surface area contributed by atoms with Gasteiger partial charge in [-0.3, -0.25) is 4.79 Å². The van der Waals surface area contributed by atoms with Crippen LogP contribution in [0.5, 0.6) is 5.88 Å². The number of rotatable bonds is 6. The summed E-state index contributed by atoms with van der Waals surface area (Å²) in [5, 5.41) is 0. The molecule has 1 aromatic heterocycles. The Labute approximate surface area is 159 Å². The Balaban J connectivity index is 1.47. The molecule has 0 atom stereocenters. The zero-order valence-corrected chi connectivity index (χ0v) is 16.1. The van der Waals surface area contributed by atoms with Crippen molar-refractivity contribution >= 4 is 15.7 Å². The van der Waals surface area contributed by atoms with Crippen molar-refractivity contribution in [2.75, 3.05) is 18.8 Å². The minimum Gasteiger partial charge on any atom is -0.474 e. The van der Waals surface area contributed by atoms with Crippen LogP contribution < -0.4 is 4.74 Å². The smallest absolute Gasteiger partial charge is 0.223 e. The molecule has 2 aromatic rings. The van der Waals surface area contributed by atoms with Crippen molar-refractivity contribution in [3.63, 3.8) is 0 Å². The molecule has 0 spiro atoms. The van der Waals surface area contributed by atoms with Gasteiger partial charge in [0, 0.05) is 44.6 Å². The zero-order chi connectivity index (χ0) is 19.3. The van der Waals surface area contributed by atoms with Crippen LogP contribution >= 0.6 is 0 Å². The quantitative estimate of drug-likeness (QED) is 0.751. The van der Waals surface area contributed by atoms with Crippen LogP contribution in [0.1, 0.15) is 25.1 Å². The van der Waals surface area contributed by atoms with Crippen molar-refractivity contribution in [2.45, 2.75) is 37.2 Å². The maximum atomic E-state index is 12.4. The van der Waals surface area contributed by atoms with E-state index >= 15 is 0 Å². The van der Waals surface area contributed by atoms with Crippen LogP contribution in [0, 0.1) is 6.92 Å². The minimum atomic E-state index is -3.44. The van der Waals surface area contributed by atoms with Gasteiger partial charge >= 0.3 is 0 Å². The molecule has 1 aromatic carbocycles. The summed E-state index contributed by atoms with van der Waals surface area (Å²) in [7, 11) is -3.44. The summed E-state index contributed by atoms with van der Waals surface area (Å²) >= 11 is 0. The molecule has 0 N–H and O–H groups in total. The van der Waals surface area contributed by atoms with E-state index in [1.807, 2.05) is 0 Å². The molecule has 1 aliphatic rings. The van der Waals surface area contributed by atoms with Gasteiger partial charge in [-0.05, 0) is 19.1 Å². The highest BCUT2D eigenvalue weighted by Crippen LogP contribution is 2.18. The number of carbonyl (C=O) groups is 1. The molecular weight excluding hydrogens is 366 g/mol. The summed E-state index contributed by atoms with van der Waals surface area (Å²) in [6.07, 6.45) is 3.04. The first kappa shape index (κ1) is 19.3. The van der Waals surface area contributed by atoms with Crippen LogP contribution in [0.2, 0.25) is 0 Å². The largest absolute Gasteiger partial charge is 0.474 e. The predicted octanol–water partition coefficient (Wildman–Crippen LogP) is 2.02. The number of likely N-dealkylation sites (tertiary alicyclic amines) is 1. The van der Waals surface area contributed by atoms with Crippen LogP contribution in [0.25, 0.3) is 0 Å². The molecule has 8 heteroatoms. The number of sulfone groups is 1. The molecule has 2 heterocycles. The molecule has 3 rings (SSSR count). The number of nitrogens with zero attached hydrogens (tertiary/aromatic N) is 3. The fraction of sp³-hybridized carbons (Fsp3) is 0.421. The molecular formula is C19H23N3O4S. The average Bonchev–Trinajstić information content (AvgIpc) is 2.67. The highest BCUT2D eigenvalue weighted by Gasteiger charge is 2.25. The summed E-state index contributed by atoms with van der Waals surface area (Å²) in [6, 6.07) is 9.95. The molecule has 1 amide bonds. The van der Waals surface area contributed by atoms with Gasteiger partial charge in [-0.25, -0.2) is 13.4 Å². The number of aryl methyl sites for hydroxylation is 1. The zero-order valence-electron chi connectivity index (χ0n) is 15.2. The third-order valence-corrected chi connectivity index (χ3v) is 6.25. The second-order valence-electron chi connectivity index (χ2n) is 6.52. The maximum absolute atomic E-state index is 12.4. The number of benzene rings is 1. The van der Waals surface area contributed by atoms with Crippen molar-refractivity contribution in [1.82, 2.24) is 14.9 Å². The predicted molar refractivity (Wildman–Crippen MR) is 100 cm³/mol. The molecule has 7 nitrogen and oxygen atoms in total. The lowest BCUT2D eigenvalue weighted by atomic mass is 10.1. The van der Waals surface area contributed by atoms with E-state index in [2.05, 4.69) is 9.97 Å². The van der Waals surface area contributed by atoms with Gasteiger partial charge in [0.05, 0.1) is 10.6 Å². The fourth-order valence-corrected chi connectivity index (χ4v) is 4.27. The Kier molecular flexibility index (Phi) is 6.05. The second-order valence-corrected chi connectivity index (χ2v) is 8.63. The standard InChI is InChI=1S/C19H23N3O4S/c1-15-20-11-7-18(21-15)26-16-8-12-22(13-9-16)19(23)10-14-27(24,25)17-5-3-2-4-6-17/h2-7,11,16H,8-10,12-14H2,1H3. The van der Waals surface area contributed by atoms with Gasteiger partial charge in [0.25, 0.3) is 0 Å². The highest BCUT2D eigenvalue weighted by molar-refractivity contribution is 7.91. The SMILES string of the molecule is Cc1nccc(OC2CCN(C(=O)CCS(=O)(=O)c3ccccc3)CC2)n1. The van der Waals surface area contributed by atoms with Crippen LogP contribution in [0.3, 0.4) is 0 Å². The fourth-order valence-electron chi connectivity index (χ4n) is 3.02. The maximum Gasteiger partial charge on any atom is 0.223 e. The van der Waals surface area contributed by atoms with Crippen molar-refractivity contribution in [3.8, 4) is 5.88 Å². The van der Waals surface area contributed by atoms with E-state index in [4.69, 9.17) is 4.74 Å². The van der Waals surface area contributed by atoms with Crippen LogP contribution in [0.15, 0.2) is 47.5 Å². The van der Waals surface area contributed by atoms with E-state index in [0.717, 1.165) is 0 Å². The molecule has 0 bridgehead atoms. The lowest BCUT2D eigenvalue weighted by molar-refractivity contribution is -0.132. The number of hydrogen-bond donors (Lipinski definition) is 0. The molecule has 0 unspecified atom stereocenters. The molecule has 27 heavy (non-hydrogen) atoms. The number of piperidine rings is 1. The molecule has 144 valence electrons. The number of hydrogen-bond acceptors (Lipinski definition) is 6. The lowest BCUT2D eigenvalue weighted by Gasteiger charge is -2.32. The van der Waals surface area contributed by atoms with Gasteiger partial charge in [-0.1, -0.05) is 18.2 Å². The topological polar surface area (TPSA) is 89.5 Å². The lowest BCUT2D eigenvalue weighted by Crippen LogP contribution is -2.42. The number of aromatic nitrogens is 2. The number of ether oxygens (including phenoxy) is 1. The van der Waals surface area contributed by atoms with E-state index in [1.54, 1.807) is 54.4 Å². The van der Waals surface area contributed by atoms with Crippen molar-refractivity contribution in [1.29, 1.82) is 0 Å². The summed E-state index contributed by atoms with van der Waals surface area (Å²) in [4.78, 5) is 22.6. The van der Waals surface area contributed by atoms with Gasteiger partial charge < -0.3 is 9.64 Å². The van der Waals surface area contributed by atoms with E-state index < -0.39 is 9.84 Å². The van der Waals surface area contributed by atoms with Crippen LogP contribution in [0.4, 0.5) is 0 Å². The van der Waals surface area contributed by atoms with E-state index in [-0.39, 0.29) is 29.1 Å². The van der Waals surface area contributed by atoms with E-state index in [0.29, 0.717) is 37.6 Å². The Bertz CT molecular complexity index is 879. The van der Waals surface area contributed by atoms with Gasteiger partial charge in [0.1, 0.15) is 11.9 Å². The average molecular weight is 389 g/mol. The molecule has 1 fully saturated rings. The first-order valence-corrected chi connectivity index (χ1v) is 10.6. The van der Waals surface area contributed by atoms with E-state index in [9.17, 15) is 13.2 Å². The normalized spacial score (nSPS) is 15.5. The van der Waals surface area contributed by atoms with Crippen molar-refractivity contribution in [2.24, 2.45) is 0 Å². The first-order chi connectivity index (χ1) is 12.9. The van der Waals surface area contributed by atoms with Crippen LogP contribution in [-0.2, 0) is 14.6 Å². The molecule has 0 saturated carbocycles. The van der Waals surface area contributed by atoms with Gasteiger partial charge in [-0.2, -0.15) is 4.98 Å². The second kappa shape index (κ2) is 8.47. The summed E-state index contributed by atoms with van der Waals surface area (Å²) in [5.74, 6) is 0.888. The monoisotopic (exact) mass is 389 g/mol. The molecule has 0 radical (unpaired) electrons. The first-order valence-electron chi connectivity index (χ1n) is 8.96. The molecule has 1 saturated heterocycles. The summed E-state index contributed by atoms with van der Waals surface area (Å²) in [5.41, 5.74) is 0. The Hall–Kier alpha value is -2.48. The third kappa shape index (κ3) is 5.26. The summed E-state index contributed by atoms with van der Waals surface area (Å²) in [6.45, 7) is 2.91. The Morgan fingerprint density at radius 2 is 1.89 bits per heavy atom. The van der Waals surface area contributed by atoms with Gasteiger partial charge in [0.15, 0.2) is 9.84 Å². The van der Waals surface area contributed by atoms with Crippen molar-refractivity contribution in [3.05, 3.63) is 48.4 Å². The minimum absolute atomic E-state index is 0.00333. The van der Waals surface area contributed by atoms with Crippen LogP contribution in [-0.4, -0.2) is 54.1 Å². The van der Waals surface area contributed by atoms with Gasteiger partial charge in [-0.15, -0.1) is 0 Å². The third-order valence-electron chi connectivity index (χ3n) is 4.52. The number of carbonyl (C=O) groups excluding carboxylic acids is 1. The van der Waals surface area contributed by atoms with Gasteiger partial charge in [0.2, 0.25) is 11.8 Å². The number of amides is 1. The Morgan fingerprint density at radius 3 is 2.56 bits per heavy atom. The van der Waals surface area contributed by atoms with E-state index in [1.165, 1.54) is 0 Å². The Morgan fingerprint density at radius 1 is 1.19 bits per heavy atom. The molecule has 0 aliphatic carbocycles. The highest BCUT2D eigenvalue weighted by atomic mass is 32.2.